The summed E-state index contributed by atoms with van der Waals surface area (Å²) in [5.74, 6) is 0.305. The van der Waals surface area contributed by atoms with Gasteiger partial charge in [0.25, 0.3) is 0 Å². The SMILES string of the molecule is Cn1cnc([N+](=O)[O-])c1SC[C@H](O)CN1CCCCC1. The van der Waals surface area contributed by atoms with Crippen LogP contribution in [0.1, 0.15) is 19.3 Å². The third-order valence-electron chi connectivity index (χ3n) is 3.37. The number of hydrogen-bond donors (Lipinski definition) is 1. The minimum absolute atomic E-state index is 0.136. The van der Waals surface area contributed by atoms with Gasteiger partial charge >= 0.3 is 5.82 Å². The molecule has 7 nitrogen and oxygen atoms in total. The van der Waals surface area contributed by atoms with Crippen molar-refractivity contribution >= 4 is 17.6 Å². The highest BCUT2D eigenvalue weighted by Crippen LogP contribution is 2.27. The number of aliphatic hydroxyl groups excluding tert-OH is 1. The van der Waals surface area contributed by atoms with Crippen LogP contribution in [0.2, 0.25) is 0 Å². The minimum Gasteiger partial charge on any atom is -0.391 e. The number of likely N-dealkylation sites (tertiary alicyclic amines) is 1. The second-order valence-corrected chi connectivity index (χ2v) is 6.08. The van der Waals surface area contributed by atoms with E-state index in [1.807, 2.05) is 0 Å². The van der Waals surface area contributed by atoms with Crippen LogP contribution in [-0.2, 0) is 7.05 Å². The number of nitrogens with zero attached hydrogens (tertiary/aromatic N) is 4. The largest absolute Gasteiger partial charge is 0.395 e. The molecular formula is C12H20N4O3S. The van der Waals surface area contributed by atoms with Gasteiger partial charge in [-0.05, 0) is 35.8 Å². The molecule has 20 heavy (non-hydrogen) atoms. The van der Waals surface area contributed by atoms with E-state index in [1.165, 1.54) is 37.4 Å². The molecule has 0 radical (unpaired) electrons. The van der Waals surface area contributed by atoms with Crippen LogP contribution in [0.4, 0.5) is 5.82 Å². The topological polar surface area (TPSA) is 84.4 Å². The van der Waals surface area contributed by atoms with Crippen LogP contribution in [0, 0.1) is 10.1 Å². The lowest BCUT2D eigenvalue weighted by molar-refractivity contribution is -0.392. The Hall–Kier alpha value is -1.12. The van der Waals surface area contributed by atoms with Gasteiger partial charge in [0.1, 0.15) is 0 Å². The number of aliphatic hydroxyl groups is 1. The minimum atomic E-state index is -0.487. The number of hydrogen-bond acceptors (Lipinski definition) is 6. The highest BCUT2D eigenvalue weighted by atomic mass is 32.2. The van der Waals surface area contributed by atoms with E-state index in [-0.39, 0.29) is 5.82 Å². The summed E-state index contributed by atoms with van der Waals surface area (Å²) in [6, 6.07) is 0. The molecule has 0 bridgehead atoms. The van der Waals surface area contributed by atoms with Crippen LogP contribution >= 0.6 is 11.8 Å². The van der Waals surface area contributed by atoms with E-state index < -0.39 is 11.0 Å². The van der Waals surface area contributed by atoms with Crippen molar-refractivity contribution in [2.75, 3.05) is 25.4 Å². The van der Waals surface area contributed by atoms with Crippen LogP contribution < -0.4 is 0 Å². The van der Waals surface area contributed by atoms with E-state index in [0.29, 0.717) is 17.3 Å². The number of rotatable bonds is 6. The summed E-state index contributed by atoms with van der Waals surface area (Å²) in [5.41, 5.74) is 0. The Morgan fingerprint density at radius 1 is 1.50 bits per heavy atom. The molecule has 1 aliphatic heterocycles. The van der Waals surface area contributed by atoms with Crippen LogP contribution in [0.15, 0.2) is 11.4 Å². The average molecular weight is 300 g/mol. The van der Waals surface area contributed by atoms with Gasteiger partial charge in [-0.15, -0.1) is 0 Å². The fourth-order valence-corrected chi connectivity index (χ4v) is 3.33. The summed E-state index contributed by atoms with van der Waals surface area (Å²) in [6.07, 6.45) is 4.59. The van der Waals surface area contributed by atoms with E-state index in [1.54, 1.807) is 11.6 Å². The molecule has 1 N–H and O–H groups in total. The second-order valence-electron chi connectivity index (χ2n) is 5.07. The van der Waals surface area contributed by atoms with Crippen LogP contribution in [0.25, 0.3) is 0 Å². The van der Waals surface area contributed by atoms with Crippen molar-refractivity contribution in [1.29, 1.82) is 0 Å². The first-order valence-corrected chi connectivity index (χ1v) is 7.75. The Morgan fingerprint density at radius 3 is 2.85 bits per heavy atom. The Bertz CT molecular complexity index is 460. The Labute approximate surface area is 122 Å². The third kappa shape index (κ3) is 3.94. The summed E-state index contributed by atoms with van der Waals surface area (Å²) in [5, 5.41) is 21.4. The van der Waals surface area contributed by atoms with E-state index in [2.05, 4.69) is 9.88 Å². The van der Waals surface area contributed by atoms with Gasteiger partial charge in [-0.25, -0.2) is 0 Å². The highest BCUT2D eigenvalue weighted by Gasteiger charge is 2.22. The molecule has 0 unspecified atom stereocenters. The zero-order chi connectivity index (χ0) is 14.5. The fourth-order valence-electron chi connectivity index (χ4n) is 2.37. The van der Waals surface area contributed by atoms with Gasteiger partial charge in [0.05, 0.1) is 6.10 Å². The van der Waals surface area contributed by atoms with Gasteiger partial charge in [-0.3, -0.25) is 0 Å². The number of β-amino-alcohol motifs (C(OH)–C–C–N with tert-alkyl or cyclic N) is 1. The Balaban J connectivity index is 1.85. The van der Waals surface area contributed by atoms with E-state index in [4.69, 9.17) is 0 Å². The summed E-state index contributed by atoms with van der Waals surface area (Å²) in [7, 11) is 1.72. The number of piperidine rings is 1. The normalized spacial score (nSPS) is 18.1. The van der Waals surface area contributed by atoms with E-state index in [0.717, 1.165) is 13.1 Å². The fraction of sp³-hybridized carbons (Fsp3) is 0.750. The van der Waals surface area contributed by atoms with Crippen molar-refractivity contribution in [2.24, 2.45) is 7.05 Å². The van der Waals surface area contributed by atoms with E-state index >= 15 is 0 Å². The number of thioether (sulfide) groups is 1. The molecule has 8 heteroatoms. The van der Waals surface area contributed by atoms with Crippen LogP contribution in [0.3, 0.4) is 0 Å². The zero-order valence-corrected chi connectivity index (χ0v) is 12.4. The van der Waals surface area contributed by atoms with Gasteiger partial charge in [0, 0.05) is 19.3 Å². The number of nitro groups is 1. The van der Waals surface area contributed by atoms with Gasteiger partial charge in [-0.1, -0.05) is 18.2 Å². The van der Waals surface area contributed by atoms with Crippen molar-refractivity contribution in [3.05, 3.63) is 16.4 Å². The summed E-state index contributed by atoms with van der Waals surface area (Å²) < 4.78 is 1.62. The number of aromatic nitrogens is 2. The second kappa shape index (κ2) is 7.05. The molecular weight excluding hydrogens is 280 g/mol. The zero-order valence-electron chi connectivity index (χ0n) is 11.6. The van der Waals surface area contributed by atoms with Crippen molar-refractivity contribution < 1.29 is 10.0 Å². The van der Waals surface area contributed by atoms with Crippen molar-refractivity contribution in [1.82, 2.24) is 14.5 Å². The maximum atomic E-state index is 10.8. The molecule has 1 aromatic heterocycles. The van der Waals surface area contributed by atoms with Crippen LogP contribution in [-0.4, -0.2) is 56.0 Å². The van der Waals surface area contributed by atoms with Gasteiger partial charge in [-0.2, -0.15) is 0 Å². The molecule has 0 saturated carbocycles. The number of imidazole rings is 1. The van der Waals surface area contributed by atoms with Crippen molar-refractivity contribution in [2.45, 2.75) is 30.4 Å². The number of aryl methyl sites for hydroxylation is 1. The maximum absolute atomic E-state index is 10.8. The lowest BCUT2D eigenvalue weighted by Crippen LogP contribution is -2.37. The van der Waals surface area contributed by atoms with Crippen molar-refractivity contribution in [3.8, 4) is 0 Å². The lowest BCUT2D eigenvalue weighted by Gasteiger charge is -2.28. The first-order valence-electron chi connectivity index (χ1n) is 6.77. The molecule has 0 amide bonds. The van der Waals surface area contributed by atoms with Gasteiger partial charge < -0.3 is 24.7 Å². The Morgan fingerprint density at radius 2 is 2.20 bits per heavy atom. The average Bonchev–Trinajstić information content (AvgIpc) is 2.79. The molecule has 1 aromatic rings. The molecule has 0 spiro atoms. The monoisotopic (exact) mass is 300 g/mol. The maximum Gasteiger partial charge on any atom is 0.395 e. The molecule has 112 valence electrons. The molecule has 1 aliphatic rings. The molecule has 2 heterocycles. The predicted molar refractivity (Wildman–Crippen MR) is 76.9 cm³/mol. The molecule has 0 aromatic carbocycles. The summed E-state index contributed by atoms with van der Waals surface area (Å²) in [6.45, 7) is 2.71. The standard InChI is InChI=1S/C12H20N4O3S/c1-14-9-13-11(16(18)19)12(14)20-8-10(17)7-15-5-3-2-4-6-15/h9-10,17H,2-8H2,1H3/t10-/m1/s1. The first kappa shape index (κ1) is 15.3. The lowest BCUT2D eigenvalue weighted by atomic mass is 10.1. The third-order valence-corrected chi connectivity index (χ3v) is 4.66. The highest BCUT2D eigenvalue weighted by molar-refractivity contribution is 7.99. The molecule has 1 fully saturated rings. The molecule has 0 aliphatic carbocycles. The summed E-state index contributed by atoms with van der Waals surface area (Å²) in [4.78, 5) is 16.4. The van der Waals surface area contributed by atoms with Gasteiger partial charge in [0.2, 0.25) is 6.33 Å². The van der Waals surface area contributed by atoms with Crippen molar-refractivity contribution in [3.63, 3.8) is 0 Å². The molecule has 1 atom stereocenters. The summed E-state index contributed by atoms with van der Waals surface area (Å²) >= 11 is 1.29. The van der Waals surface area contributed by atoms with E-state index in [9.17, 15) is 15.2 Å². The van der Waals surface area contributed by atoms with Gasteiger partial charge in [0.15, 0.2) is 5.03 Å². The predicted octanol–water partition coefficient (Wildman–Crippen LogP) is 1.27. The smallest absolute Gasteiger partial charge is 0.391 e. The quantitative estimate of drug-likeness (QED) is 0.484. The molecule has 1 saturated heterocycles. The Kier molecular flexibility index (Phi) is 5.38. The first-order chi connectivity index (χ1) is 9.58. The van der Waals surface area contributed by atoms with Crippen LogP contribution in [0.5, 0.6) is 0 Å². The molecule has 2 rings (SSSR count).